The third-order valence-corrected chi connectivity index (χ3v) is 2.00. The molecule has 0 N–H and O–H groups in total. The fourth-order valence-corrected chi connectivity index (χ4v) is 1.08. The molecule has 0 aliphatic heterocycles. The van der Waals surface area contributed by atoms with Gasteiger partial charge in [0.05, 0.1) is 0 Å². The topological polar surface area (TPSA) is 34.1 Å². The lowest BCUT2D eigenvalue weighted by Gasteiger charge is -1.87. The summed E-state index contributed by atoms with van der Waals surface area (Å²) >= 11 is 0. The Kier molecular flexibility index (Phi) is 9.73. The summed E-state index contributed by atoms with van der Waals surface area (Å²) in [5.74, 6) is -0.0721. The van der Waals surface area contributed by atoms with Crippen LogP contribution in [0.2, 0.25) is 0 Å². The van der Waals surface area contributed by atoms with Crippen molar-refractivity contribution in [3.8, 4) is 0 Å². The van der Waals surface area contributed by atoms with E-state index in [1.807, 2.05) is 12.2 Å². The van der Waals surface area contributed by atoms with Crippen LogP contribution in [0, 0.1) is 0 Å². The number of hydrogen-bond donors (Lipinski definition) is 0. The van der Waals surface area contributed by atoms with Gasteiger partial charge in [-0.1, -0.05) is 38.2 Å². The summed E-state index contributed by atoms with van der Waals surface area (Å²) in [4.78, 5) is 22.1. The third kappa shape index (κ3) is 10.6. The van der Waals surface area contributed by atoms with Crippen LogP contribution in [-0.4, -0.2) is 11.6 Å². The van der Waals surface area contributed by atoms with Gasteiger partial charge in [-0.15, -0.1) is 0 Å². The summed E-state index contributed by atoms with van der Waals surface area (Å²) < 4.78 is 0. The van der Waals surface area contributed by atoms with Gasteiger partial charge in [-0.05, 0) is 43.6 Å². The molecular formula is C15H20O2. The zero-order valence-corrected chi connectivity index (χ0v) is 10.4. The average molecular weight is 232 g/mol. The molecule has 92 valence electrons. The monoisotopic (exact) mass is 232 g/mol. The molecule has 0 atom stereocenters. The number of carbonyl (C=O) groups excluding carboxylic acids is 2. The highest BCUT2D eigenvalue weighted by Crippen LogP contribution is 1.95. The molecule has 0 saturated carbocycles. The molecule has 0 aliphatic carbocycles. The van der Waals surface area contributed by atoms with Crippen LogP contribution in [0.3, 0.4) is 0 Å². The molecule has 0 fully saturated rings. The predicted molar refractivity (Wildman–Crippen MR) is 71.8 cm³/mol. The normalized spacial score (nSPS) is 11.6. The third-order valence-electron chi connectivity index (χ3n) is 2.00. The average Bonchev–Trinajstić information content (AvgIpc) is 2.33. The van der Waals surface area contributed by atoms with E-state index in [1.54, 1.807) is 18.2 Å². The highest BCUT2D eigenvalue weighted by molar-refractivity contribution is 5.99. The smallest absolute Gasteiger partial charge is 0.177 e. The number of hydrogen-bond acceptors (Lipinski definition) is 2. The molecule has 0 aromatic heterocycles. The molecule has 0 saturated heterocycles. The predicted octanol–water partition coefficient (Wildman–Crippen LogP) is 3.56. The molecular weight excluding hydrogens is 212 g/mol. The molecule has 0 bridgehead atoms. The van der Waals surface area contributed by atoms with Gasteiger partial charge < -0.3 is 0 Å². The first kappa shape index (κ1) is 15.3. The molecule has 0 aromatic rings. The van der Waals surface area contributed by atoms with E-state index in [0.717, 1.165) is 25.7 Å². The summed E-state index contributed by atoms with van der Waals surface area (Å²) in [6.07, 6.45) is 14.9. The van der Waals surface area contributed by atoms with E-state index in [0.29, 0.717) is 0 Å². The number of ketones is 2. The maximum absolute atomic E-state index is 11.2. The molecule has 0 aliphatic rings. The van der Waals surface area contributed by atoms with E-state index in [4.69, 9.17) is 0 Å². The zero-order chi connectivity index (χ0) is 12.9. The fraction of sp³-hybridized carbons (Fsp3) is 0.333. The molecule has 2 nitrogen and oxygen atoms in total. The van der Waals surface area contributed by atoms with E-state index < -0.39 is 0 Å². The van der Waals surface area contributed by atoms with Crippen LogP contribution in [0.4, 0.5) is 0 Å². The Morgan fingerprint density at radius 3 is 1.82 bits per heavy atom. The molecule has 2 heteroatoms. The number of unbranched alkanes of at least 4 members (excludes halogenated alkanes) is 2. The summed E-state index contributed by atoms with van der Waals surface area (Å²) in [6.45, 7) is 5.44. The van der Waals surface area contributed by atoms with Crippen molar-refractivity contribution in [1.29, 1.82) is 0 Å². The van der Waals surface area contributed by atoms with Crippen molar-refractivity contribution in [2.24, 2.45) is 0 Å². The van der Waals surface area contributed by atoms with Gasteiger partial charge in [-0.3, -0.25) is 9.59 Å². The van der Waals surface area contributed by atoms with E-state index >= 15 is 0 Å². The van der Waals surface area contributed by atoms with Crippen LogP contribution in [0.25, 0.3) is 0 Å². The largest absolute Gasteiger partial charge is 0.290 e. The number of rotatable bonds is 9. The van der Waals surface area contributed by atoms with Gasteiger partial charge in [0.1, 0.15) is 0 Å². The van der Waals surface area contributed by atoms with Crippen molar-refractivity contribution in [3.05, 3.63) is 49.1 Å². The lowest BCUT2D eigenvalue weighted by Crippen LogP contribution is -1.85. The minimum absolute atomic E-state index is 0.0181. The summed E-state index contributed by atoms with van der Waals surface area (Å²) in [5.41, 5.74) is 0. The van der Waals surface area contributed by atoms with Crippen LogP contribution in [0.15, 0.2) is 49.1 Å². The lowest BCUT2D eigenvalue weighted by atomic mass is 10.2. The highest BCUT2D eigenvalue weighted by Gasteiger charge is 1.87. The van der Waals surface area contributed by atoms with Crippen molar-refractivity contribution in [1.82, 2.24) is 0 Å². The van der Waals surface area contributed by atoms with E-state index in [9.17, 15) is 9.59 Å². The van der Waals surface area contributed by atoms with Gasteiger partial charge in [-0.25, -0.2) is 0 Å². The fourth-order valence-electron chi connectivity index (χ4n) is 1.08. The van der Waals surface area contributed by atoms with Crippen LogP contribution in [-0.2, 0) is 9.59 Å². The maximum atomic E-state index is 11.2. The zero-order valence-electron chi connectivity index (χ0n) is 10.4. The Bertz CT molecular complexity index is 333. The quantitative estimate of drug-likeness (QED) is 0.450. The molecule has 0 heterocycles. The second-order valence-corrected chi connectivity index (χ2v) is 3.58. The second-order valence-electron chi connectivity index (χ2n) is 3.58. The first-order valence-electron chi connectivity index (χ1n) is 5.90. The van der Waals surface area contributed by atoms with Gasteiger partial charge in [-0.2, -0.15) is 0 Å². The first-order valence-corrected chi connectivity index (χ1v) is 5.90. The van der Waals surface area contributed by atoms with Crippen LogP contribution >= 0.6 is 0 Å². The van der Waals surface area contributed by atoms with Crippen LogP contribution in [0.1, 0.15) is 32.6 Å². The Balaban J connectivity index is 3.73. The molecule has 0 radical (unpaired) electrons. The van der Waals surface area contributed by atoms with Gasteiger partial charge >= 0.3 is 0 Å². The van der Waals surface area contributed by atoms with Crippen molar-refractivity contribution in [2.45, 2.75) is 32.6 Å². The number of allylic oxidation sites excluding steroid dienone is 7. The Hall–Kier alpha value is -1.70. The minimum atomic E-state index is -0.0902. The van der Waals surface area contributed by atoms with Gasteiger partial charge in [0.15, 0.2) is 11.6 Å². The second kappa shape index (κ2) is 10.8. The molecule has 0 spiro atoms. The molecule has 0 aromatic carbocycles. The van der Waals surface area contributed by atoms with E-state index in [1.165, 1.54) is 12.2 Å². The maximum Gasteiger partial charge on any atom is 0.177 e. The lowest BCUT2D eigenvalue weighted by molar-refractivity contribution is -0.111. The minimum Gasteiger partial charge on any atom is -0.290 e. The number of carbonyl (C=O) groups is 2. The highest BCUT2D eigenvalue weighted by atomic mass is 16.1. The van der Waals surface area contributed by atoms with E-state index in [-0.39, 0.29) is 11.6 Å². The SMILES string of the molecule is C=CC(=O)/C=C/CC/C=C/C(=O)/C=C/CCC. The molecule has 0 amide bonds. The molecule has 0 rings (SSSR count). The van der Waals surface area contributed by atoms with E-state index in [2.05, 4.69) is 13.5 Å². The van der Waals surface area contributed by atoms with Gasteiger partial charge in [0.2, 0.25) is 0 Å². The molecule has 17 heavy (non-hydrogen) atoms. The van der Waals surface area contributed by atoms with Crippen molar-refractivity contribution < 1.29 is 9.59 Å². The van der Waals surface area contributed by atoms with Crippen LogP contribution < -0.4 is 0 Å². The van der Waals surface area contributed by atoms with Crippen LogP contribution in [0.5, 0.6) is 0 Å². The summed E-state index contributed by atoms with van der Waals surface area (Å²) in [7, 11) is 0. The van der Waals surface area contributed by atoms with Crippen molar-refractivity contribution >= 4 is 11.6 Å². The van der Waals surface area contributed by atoms with Crippen molar-refractivity contribution in [2.75, 3.05) is 0 Å². The summed E-state index contributed by atoms with van der Waals surface area (Å²) in [6, 6.07) is 0. The Morgan fingerprint density at radius 1 is 0.882 bits per heavy atom. The van der Waals surface area contributed by atoms with Crippen molar-refractivity contribution in [3.63, 3.8) is 0 Å². The Labute approximate surface area is 103 Å². The first-order chi connectivity index (χ1) is 8.20. The Morgan fingerprint density at radius 2 is 1.35 bits per heavy atom. The van der Waals surface area contributed by atoms with Gasteiger partial charge in [0, 0.05) is 0 Å². The van der Waals surface area contributed by atoms with Gasteiger partial charge in [0.25, 0.3) is 0 Å². The molecule has 0 unspecified atom stereocenters. The summed E-state index contributed by atoms with van der Waals surface area (Å²) in [5, 5.41) is 0. The standard InChI is InChI=1S/C15H20O2/c1-3-5-8-12-15(17)13-10-7-6-9-11-14(16)4-2/h4,8-13H,2-3,5-7H2,1H3/b11-9+,12-8+,13-10+.